The summed E-state index contributed by atoms with van der Waals surface area (Å²) in [5.41, 5.74) is 3.25. The van der Waals surface area contributed by atoms with E-state index in [2.05, 4.69) is 38.8 Å². The zero-order chi connectivity index (χ0) is 18.2. The standard InChI is InChI=1S/C20H22FN5/c1-22-20(25-13-17-5-3-7-19(21)11-17)24-12-16-4-2-6-18(10-16)14-26-9-8-23-15-26/h2-11,15H,12-14H2,1H3,(H2,22,24,25). The summed E-state index contributed by atoms with van der Waals surface area (Å²) in [5.74, 6) is 0.441. The van der Waals surface area contributed by atoms with Crippen molar-refractivity contribution in [3.8, 4) is 0 Å². The van der Waals surface area contributed by atoms with Crippen molar-refractivity contribution in [2.45, 2.75) is 19.6 Å². The minimum atomic E-state index is -0.234. The molecule has 0 radical (unpaired) electrons. The molecule has 3 rings (SSSR count). The molecule has 0 aliphatic rings. The van der Waals surface area contributed by atoms with Gasteiger partial charge in [0, 0.05) is 39.1 Å². The molecule has 0 saturated heterocycles. The number of nitrogens with one attached hydrogen (secondary N) is 2. The van der Waals surface area contributed by atoms with Crippen molar-refractivity contribution in [1.29, 1.82) is 0 Å². The molecule has 0 spiro atoms. The molecule has 0 aliphatic carbocycles. The quantitative estimate of drug-likeness (QED) is 0.530. The Hall–Kier alpha value is -3.15. The maximum Gasteiger partial charge on any atom is 0.191 e. The average Bonchev–Trinajstić information content (AvgIpc) is 3.15. The number of halogens is 1. The van der Waals surface area contributed by atoms with Gasteiger partial charge in [0.05, 0.1) is 6.33 Å². The lowest BCUT2D eigenvalue weighted by molar-refractivity contribution is 0.624. The summed E-state index contributed by atoms with van der Waals surface area (Å²) in [6, 6.07) is 14.9. The molecule has 0 atom stereocenters. The molecule has 2 aromatic carbocycles. The highest BCUT2D eigenvalue weighted by molar-refractivity contribution is 5.79. The third-order valence-electron chi connectivity index (χ3n) is 3.95. The lowest BCUT2D eigenvalue weighted by Gasteiger charge is -2.13. The monoisotopic (exact) mass is 351 g/mol. The summed E-state index contributed by atoms with van der Waals surface area (Å²) in [6.07, 6.45) is 5.53. The molecule has 1 aromatic heterocycles. The molecule has 134 valence electrons. The molecule has 0 aliphatic heterocycles. The van der Waals surface area contributed by atoms with Gasteiger partial charge in [0.2, 0.25) is 0 Å². The Labute approximate surface area is 152 Å². The van der Waals surface area contributed by atoms with Crippen LogP contribution in [0.3, 0.4) is 0 Å². The second kappa shape index (κ2) is 8.80. The molecule has 3 aromatic rings. The summed E-state index contributed by atoms with van der Waals surface area (Å²) >= 11 is 0. The normalized spacial score (nSPS) is 11.4. The molecule has 26 heavy (non-hydrogen) atoms. The van der Waals surface area contributed by atoms with Crippen LogP contribution < -0.4 is 10.6 Å². The third kappa shape index (κ3) is 5.17. The fourth-order valence-corrected chi connectivity index (χ4v) is 2.67. The Morgan fingerprint density at radius 1 is 1.04 bits per heavy atom. The highest BCUT2D eigenvalue weighted by Gasteiger charge is 2.02. The predicted octanol–water partition coefficient (Wildman–Crippen LogP) is 2.94. The van der Waals surface area contributed by atoms with Gasteiger partial charge in [-0.25, -0.2) is 9.37 Å². The smallest absolute Gasteiger partial charge is 0.191 e. The lowest BCUT2D eigenvalue weighted by Crippen LogP contribution is -2.36. The highest BCUT2D eigenvalue weighted by Crippen LogP contribution is 2.07. The molecular weight excluding hydrogens is 329 g/mol. The van der Waals surface area contributed by atoms with E-state index in [1.165, 1.54) is 17.7 Å². The predicted molar refractivity (Wildman–Crippen MR) is 101 cm³/mol. The molecule has 6 heteroatoms. The van der Waals surface area contributed by atoms with Crippen LogP contribution in [0, 0.1) is 5.82 Å². The number of guanidine groups is 1. The number of aliphatic imine (C=N–C) groups is 1. The molecule has 0 amide bonds. The largest absolute Gasteiger partial charge is 0.352 e. The first-order valence-electron chi connectivity index (χ1n) is 8.45. The summed E-state index contributed by atoms with van der Waals surface area (Å²) in [4.78, 5) is 8.28. The number of hydrogen-bond donors (Lipinski definition) is 2. The van der Waals surface area contributed by atoms with Crippen LogP contribution in [0.4, 0.5) is 4.39 Å². The van der Waals surface area contributed by atoms with Crippen LogP contribution in [0.2, 0.25) is 0 Å². The molecule has 0 fully saturated rings. The van der Waals surface area contributed by atoms with Crippen molar-refractivity contribution >= 4 is 5.96 Å². The molecule has 0 bridgehead atoms. The van der Waals surface area contributed by atoms with Gasteiger partial charge in [-0.15, -0.1) is 0 Å². The summed E-state index contributed by atoms with van der Waals surface area (Å²) in [5, 5.41) is 6.48. The van der Waals surface area contributed by atoms with Crippen molar-refractivity contribution in [3.63, 3.8) is 0 Å². The first kappa shape index (κ1) is 17.7. The Morgan fingerprint density at radius 3 is 2.38 bits per heavy atom. The number of rotatable bonds is 6. The maximum atomic E-state index is 13.2. The summed E-state index contributed by atoms with van der Waals surface area (Å²) in [7, 11) is 1.72. The van der Waals surface area contributed by atoms with E-state index in [1.807, 2.05) is 29.2 Å². The average molecular weight is 351 g/mol. The Bertz CT molecular complexity index is 858. The Balaban J connectivity index is 1.53. The Kier molecular flexibility index (Phi) is 5.98. The summed E-state index contributed by atoms with van der Waals surface area (Å²) in [6.45, 7) is 1.96. The van der Waals surface area contributed by atoms with E-state index in [9.17, 15) is 4.39 Å². The number of imidazole rings is 1. The van der Waals surface area contributed by atoms with Gasteiger partial charge in [0.25, 0.3) is 0 Å². The highest BCUT2D eigenvalue weighted by atomic mass is 19.1. The number of benzene rings is 2. The van der Waals surface area contributed by atoms with Crippen LogP contribution in [0.25, 0.3) is 0 Å². The molecule has 5 nitrogen and oxygen atoms in total. The van der Waals surface area contributed by atoms with Crippen LogP contribution >= 0.6 is 0 Å². The van der Waals surface area contributed by atoms with E-state index < -0.39 is 0 Å². The van der Waals surface area contributed by atoms with Crippen molar-refractivity contribution in [3.05, 3.63) is 89.8 Å². The second-order valence-electron chi connectivity index (χ2n) is 5.96. The molecular formula is C20H22FN5. The van der Waals surface area contributed by atoms with Gasteiger partial charge in [-0.05, 0) is 28.8 Å². The molecule has 1 heterocycles. The lowest BCUT2D eigenvalue weighted by atomic mass is 10.1. The van der Waals surface area contributed by atoms with Gasteiger partial charge in [0.1, 0.15) is 5.82 Å². The van der Waals surface area contributed by atoms with Crippen LogP contribution in [0.5, 0.6) is 0 Å². The molecule has 2 N–H and O–H groups in total. The van der Waals surface area contributed by atoms with E-state index in [4.69, 9.17) is 0 Å². The third-order valence-corrected chi connectivity index (χ3v) is 3.95. The van der Waals surface area contributed by atoms with Crippen LogP contribution in [-0.2, 0) is 19.6 Å². The van der Waals surface area contributed by atoms with Crippen LogP contribution in [0.15, 0.2) is 72.2 Å². The van der Waals surface area contributed by atoms with Crippen LogP contribution in [0.1, 0.15) is 16.7 Å². The molecule has 0 unspecified atom stereocenters. The fraction of sp³-hybridized carbons (Fsp3) is 0.200. The van der Waals surface area contributed by atoms with Gasteiger partial charge < -0.3 is 15.2 Å². The van der Waals surface area contributed by atoms with Gasteiger partial charge in [-0.1, -0.05) is 36.4 Å². The summed E-state index contributed by atoms with van der Waals surface area (Å²) < 4.78 is 15.3. The number of hydrogen-bond acceptors (Lipinski definition) is 2. The van der Waals surface area contributed by atoms with E-state index in [1.54, 1.807) is 19.3 Å². The first-order valence-corrected chi connectivity index (χ1v) is 8.45. The fourth-order valence-electron chi connectivity index (χ4n) is 2.67. The van der Waals surface area contributed by atoms with Crippen molar-refractivity contribution in [1.82, 2.24) is 20.2 Å². The zero-order valence-electron chi connectivity index (χ0n) is 14.7. The molecule has 0 saturated carbocycles. The van der Waals surface area contributed by atoms with Crippen LogP contribution in [-0.4, -0.2) is 22.6 Å². The second-order valence-corrected chi connectivity index (χ2v) is 5.96. The first-order chi connectivity index (χ1) is 12.7. The van der Waals surface area contributed by atoms with Gasteiger partial charge in [0.15, 0.2) is 5.96 Å². The minimum absolute atomic E-state index is 0.234. The number of nitrogens with zero attached hydrogens (tertiary/aromatic N) is 3. The van der Waals surface area contributed by atoms with Gasteiger partial charge >= 0.3 is 0 Å². The van der Waals surface area contributed by atoms with E-state index >= 15 is 0 Å². The zero-order valence-corrected chi connectivity index (χ0v) is 14.7. The van der Waals surface area contributed by atoms with E-state index in [0.29, 0.717) is 19.0 Å². The van der Waals surface area contributed by atoms with E-state index in [-0.39, 0.29) is 5.82 Å². The minimum Gasteiger partial charge on any atom is -0.352 e. The maximum absolute atomic E-state index is 13.2. The van der Waals surface area contributed by atoms with Crippen molar-refractivity contribution in [2.75, 3.05) is 7.05 Å². The van der Waals surface area contributed by atoms with Gasteiger partial charge in [-0.2, -0.15) is 0 Å². The van der Waals surface area contributed by atoms with Crippen molar-refractivity contribution < 1.29 is 4.39 Å². The van der Waals surface area contributed by atoms with Gasteiger partial charge in [-0.3, -0.25) is 4.99 Å². The SMILES string of the molecule is CN=C(NCc1cccc(F)c1)NCc1cccc(Cn2ccnc2)c1. The topological polar surface area (TPSA) is 54.2 Å². The number of aromatic nitrogens is 2. The van der Waals surface area contributed by atoms with E-state index in [0.717, 1.165) is 17.7 Å². The Morgan fingerprint density at radius 2 is 1.73 bits per heavy atom. The van der Waals surface area contributed by atoms with Crippen molar-refractivity contribution in [2.24, 2.45) is 4.99 Å².